The van der Waals surface area contributed by atoms with Gasteiger partial charge in [0.05, 0.1) is 0 Å². The molecule has 0 fully saturated rings. The molecule has 4 heteroatoms. The second-order valence-corrected chi connectivity index (χ2v) is 15.2. The van der Waals surface area contributed by atoms with E-state index in [1.807, 2.05) is 12.3 Å². The molecule has 168 valence electrons. The normalized spacial score (nSPS) is 14.7. The molecule has 3 aromatic carbocycles. The smallest absolute Gasteiger partial charge is 0.227 e. The second kappa shape index (κ2) is 7.25. The first-order valence-electron chi connectivity index (χ1n) is 11.8. The van der Waals surface area contributed by atoms with Gasteiger partial charge in [0.2, 0.25) is 5.89 Å². The van der Waals surface area contributed by atoms with Crippen LogP contribution in [-0.2, 0) is 5.41 Å². The quantitative estimate of drug-likeness (QED) is 0.256. The summed E-state index contributed by atoms with van der Waals surface area (Å²) in [6.45, 7) is 11.5. The summed E-state index contributed by atoms with van der Waals surface area (Å²) in [5.74, 6) is 0.642. The van der Waals surface area contributed by atoms with Crippen LogP contribution in [0.25, 0.3) is 50.7 Å². The van der Waals surface area contributed by atoms with Gasteiger partial charge in [-0.25, -0.2) is 4.98 Å². The van der Waals surface area contributed by atoms with Gasteiger partial charge in [0.1, 0.15) is 19.3 Å². The van der Waals surface area contributed by atoms with Gasteiger partial charge < -0.3 is 4.42 Å². The molecular formula is C30H28N2OSi. The molecule has 0 atom stereocenters. The zero-order valence-corrected chi connectivity index (χ0v) is 21.3. The van der Waals surface area contributed by atoms with Crippen molar-refractivity contribution in [2.45, 2.75) is 39.3 Å². The SMILES string of the molecule is CC(C)(C)c1cc(-c2nccc3nc(-c4ccc5c(c4)C=C[Si]5(C)C)oc23)cc2ccccc12. The van der Waals surface area contributed by atoms with E-state index in [2.05, 4.69) is 100 Å². The fourth-order valence-corrected chi connectivity index (χ4v) is 7.25. The zero-order chi connectivity index (χ0) is 23.7. The van der Waals surface area contributed by atoms with Gasteiger partial charge in [0.25, 0.3) is 0 Å². The van der Waals surface area contributed by atoms with Crippen LogP contribution in [0.1, 0.15) is 31.9 Å². The molecule has 3 heterocycles. The molecule has 34 heavy (non-hydrogen) atoms. The van der Waals surface area contributed by atoms with Crippen LogP contribution in [0.4, 0.5) is 0 Å². The Balaban J connectivity index is 1.52. The van der Waals surface area contributed by atoms with Crippen LogP contribution >= 0.6 is 0 Å². The van der Waals surface area contributed by atoms with E-state index in [9.17, 15) is 0 Å². The molecule has 0 unspecified atom stereocenters. The Labute approximate surface area is 201 Å². The first-order valence-corrected chi connectivity index (χ1v) is 14.9. The van der Waals surface area contributed by atoms with Crippen molar-refractivity contribution in [1.29, 1.82) is 0 Å². The number of rotatable bonds is 2. The second-order valence-electron chi connectivity index (χ2n) is 10.9. The summed E-state index contributed by atoms with van der Waals surface area (Å²) >= 11 is 0. The van der Waals surface area contributed by atoms with Crippen LogP contribution in [0.15, 0.2) is 77.0 Å². The Kier molecular flexibility index (Phi) is 4.49. The minimum Gasteiger partial charge on any atom is -0.434 e. The lowest BCUT2D eigenvalue weighted by Crippen LogP contribution is -2.37. The molecule has 0 bridgehead atoms. The lowest BCUT2D eigenvalue weighted by molar-refractivity contribution is 0.596. The Morgan fingerprint density at radius 3 is 2.53 bits per heavy atom. The molecule has 0 radical (unpaired) electrons. The highest BCUT2D eigenvalue weighted by atomic mass is 28.3. The fraction of sp³-hybridized carbons (Fsp3) is 0.200. The van der Waals surface area contributed by atoms with Gasteiger partial charge in [-0.3, -0.25) is 4.98 Å². The third-order valence-corrected chi connectivity index (χ3v) is 9.76. The standard InChI is InChI=1S/C30H28N2OSi/c1-30(2,3)24-18-22(16-19-8-6-7-9-23(19)24)27-28-25(12-14-31-27)32-29(33-28)21-10-11-26-20(17-21)13-15-34(26,4)5/h6-18H,1-5H3. The molecule has 0 spiro atoms. The molecule has 0 aliphatic carbocycles. The minimum absolute atomic E-state index is 0.00507. The fourth-order valence-electron chi connectivity index (χ4n) is 5.06. The maximum Gasteiger partial charge on any atom is 0.227 e. The van der Waals surface area contributed by atoms with E-state index in [0.717, 1.165) is 27.9 Å². The van der Waals surface area contributed by atoms with Crippen molar-refractivity contribution in [2.75, 3.05) is 0 Å². The van der Waals surface area contributed by atoms with Crippen LogP contribution in [0.5, 0.6) is 0 Å². The van der Waals surface area contributed by atoms with Crippen LogP contribution < -0.4 is 5.19 Å². The molecule has 5 aromatic rings. The summed E-state index contributed by atoms with van der Waals surface area (Å²) in [4.78, 5) is 9.60. The number of pyridine rings is 1. The maximum atomic E-state index is 6.40. The average molecular weight is 461 g/mol. The Morgan fingerprint density at radius 2 is 1.71 bits per heavy atom. The van der Waals surface area contributed by atoms with Gasteiger partial charge in [-0.15, -0.1) is 0 Å². The van der Waals surface area contributed by atoms with E-state index >= 15 is 0 Å². The predicted octanol–water partition coefficient (Wildman–Crippen LogP) is 7.49. The van der Waals surface area contributed by atoms with Gasteiger partial charge in [0.15, 0.2) is 5.58 Å². The molecular weight excluding hydrogens is 432 g/mol. The Hall–Kier alpha value is -3.50. The Bertz CT molecular complexity index is 1620. The van der Waals surface area contributed by atoms with Crippen molar-refractivity contribution in [2.24, 2.45) is 0 Å². The number of fused-ring (bicyclic) bond motifs is 3. The number of oxazole rings is 1. The van der Waals surface area contributed by atoms with Gasteiger partial charge in [-0.05, 0) is 62.8 Å². The number of hydrogen-bond acceptors (Lipinski definition) is 3. The van der Waals surface area contributed by atoms with Gasteiger partial charge in [-0.2, -0.15) is 0 Å². The van der Waals surface area contributed by atoms with E-state index in [-0.39, 0.29) is 5.41 Å². The van der Waals surface area contributed by atoms with E-state index in [1.54, 1.807) is 0 Å². The zero-order valence-electron chi connectivity index (χ0n) is 20.3. The van der Waals surface area contributed by atoms with Crippen molar-refractivity contribution >= 4 is 41.2 Å². The first-order chi connectivity index (χ1) is 16.2. The molecule has 0 N–H and O–H groups in total. The monoisotopic (exact) mass is 460 g/mol. The average Bonchev–Trinajstić information content (AvgIpc) is 3.38. The lowest BCUT2D eigenvalue weighted by atomic mass is 9.82. The van der Waals surface area contributed by atoms with E-state index in [1.165, 1.54) is 27.1 Å². The van der Waals surface area contributed by atoms with Crippen molar-refractivity contribution in [3.05, 3.63) is 83.7 Å². The van der Waals surface area contributed by atoms with E-state index in [0.29, 0.717) is 5.89 Å². The molecule has 1 aliphatic heterocycles. The molecule has 1 aliphatic rings. The molecule has 0 saturated heterocycles. The van der Waals surface area contributed by atoms with Crippen LogP contribution in [0, 0.1) is 0 Å². The summed E-state index contributed by atoms with van der Waals surface area (Å²) in [5, 5.41) is 3.96. The van der Waals surface area contributed by atoms with Crippen LogP contribution in [0.3, 0.4) is 0 Å². The summed E-state index contributed by atoms with van der Waals surface area (Å²) in [6, 6.07) is 21.6. The summed E-state index contributed by atoms with van der Waals surface area (Å²) < 4.78 is 6.40. The van der Waals surface area contributed by atoms with Crippen LogP contribution in [-0.4, -0.2) is 18.0 Å². The van der Waals surface area contributed by atoms with Crippen molar-refractivity contribution < 1.29 is 4.42 Å². The highest BCUT2D eigenvalue weighted by Gasteiger charge is 2.27. The first kappa shape index (κ1) is 21.1. The maximum absolute atomic E-state index is 6.40. The summed E-state index contributed by atoms with van der Waals surface area (Å²) in [6.07, 6.45) is 4.08. The van der Waals surface area contributed by atoms with Crippen LogP contribution in [0.2, 0.25) is 13.1 Å². The van der Waals surface area contributed by atoms with E-state index in [4.69, 9.17) is 14.4 Å². The van der Waals surface area contributed by atoms with Gasteiger partial charge in [-0.1, -0.05) is 76.0 Å². The third-order valence-electron chi connectivity index (χ3n) is 6.92. The summed E-state index contributed by atoms with van der Waals surface area (Å²) in [5.41, 5.74) is 9.45. The molecule has 3 nitrogen and oxygen atoms in total. The third kappa shape index (κ3) is 3.33. The highest BCUT2D eigenvalue weighted by Crippen LogP contribution is 2.37. The van der Waals surface area contributed by atoms with Crippen molar-refractivity contribution in [3.8, 4) is 22.7 Å². The van der Waals surface area contributed by atoms with Crippen molar-refractivity contribution in [3.63, 3.8) is 0 Å². The summed E-state index contributed by atoms with van der Waals surface area (Å²) in [7, 11) is -1.45. The molecule has 0 saturated carbocycles. The highest BCUT2D eigenvalue weighted by molar-refractivity contribution is 6.96. The number of benzene rings is 3. The minimum atomic E-state index is -1.45. The number of hydrogen-bond donors (Lipinski definition) is 0. The molecule has 0 amide bonds. The topological polar surface area (TPSA) is 38.9 Å². The van der Waals surface area contributed by atoms with Gasteiger partial charge in [0, 0.05) is 17.3 Å². The molecule has 6 rings (SSSR count). The largest absolute Gasteiger partial charge is 0.434 e. The van der Waals surface area contributed by atoms with Gasteiger partial charge >= 0.3 is 0 Å². The number of nitrogens with zero attached hydrogens (tertiary/aromatic N) is 2. The van der Waals surface area contributed by atoms with Crippen molar-refractivity contribution in [1.82, 2.24) is 9.97 Å². The predicted molar refractivity (Wildman–Crippen MR) is 145 cm³/mol. The number of aromatic nitrogens is 2. The Morgan fingerprint density at radius 1 is 0.882 bits per heavy atom. The van der Waals surface area contributed by atoms with E-state index < -0.39 is 8.07 Å². The molecule has 2 aromatic heterocycles. The lowest BCUT2D eigenvalue weighted by Gasteiger charge is -2.22.